The minimum Gasteiger partial charge on any atom is -0.481 e. The Morgan fingerprint density at radius 2 is 1.82 bits per heavy atom. The molecule has 0 amide bonds. The third kappa shape index (κ3) is 6.75. The van der Waals surface area contributed by atoms with E-state index in [1.807, 2.05) is 0 Å². The molecule has 0 rings (SSSR count). The van der Waals surface area contributed by atoms with Crippen LogP contribution in [0, 0.1) is 0 Å². The van der Waals surface area contributed by atoms with Gasteiger partial charge in [-0.3, -0.25) is 4.79 Å². The van der Waals surface area contributed by atoms with Gasteiger partial charge >= 0.3 is 11.9 Å². The highest BCUT2D eigenvalue weighted by atomic mass is 16.6. The maximum atomic E-state index is 9.87. The lowest BCUT2D eigenvalue weighted by Gasteiger charge is -2.05. The molecule has 0 aliphatic rings. The average molecular weight is 164 g/mol. The summed E-state index contributed by atoms with van der Waals surface area (Å²) in [7, 11) is 0. The van der Waals surface area contributed by atoms with Gasteiger partial charge in [0.05, 0.1) is 6.42 Å². The molecular formula is C5H8O6. The normalized spacial score (nSPS) is 12.5. The van der Waals surface area contributed by atoms with E-state index in [9.17, 15) is 9.59 Å². The van der Waals surface area contributed by atoms with Gasteiger partial charge in [0.2, 0.25) is 0 Å². The van der Waals surface area contributed by atoms with Crippen LogP contribution < -0.4 is 0 Å². The molecule has 1 atom stereocenters. The second-order valence-electron chi connectivity index (χ2n) is 1.76. The zero-order valence-electron chi connectivity index (χ0n) is 5.56. The zero-order chi connectivity index (χ0) is 8.85. The number of aliphatic hydroxyl groups is 1. The van der Waals surface area contributed by atoms with Gasteiger partial charge in [-0.05, 0) is 0 Å². The van der Waals surface area contributed by atoms with Crippen LogP contribution in [0.5, 0.6) is 0 Å². The van der Waals surface area contributed by atoms with Gasteiger partial charge in [-0.1, -0.05) is 0 Å². The smallest absolute Gasteiger partial charge is 0.329 e. The standard InChI is InChI=1S/C5H8O6/c6-3(7)1-5(10)11-2-4(8)9/h5,10H,1-2H2,(H,6,7)(H,8,9). The fourth-order valence-electron chi connectivity index (χ4n) is 0.376. The van der Waals surface area contributed by atoms with Gasteiger partial charge in [0.15, 0.2) is 6.29 Å². The quantitative estimate of drug-likeness (QED) is 0.444. The SMILES string of the molecule is O=C(O)COC(O)CC(=O)O. The number of carboxylic acid groups (broad SMARTS) is 2. The molecule has 0 radical (unpaired) electrons. The number of ether oxygens (including phenoxy) is 1. The van der Waals surface area contributed by atoms with Gasteiger partial charge in [0.1, 0.15) is 6.61 Å². The van der Waals surface area contributed by atoms with E-state index in [2.05, 4.69) is 4.74 Å². The van der Waals surface area contributed by atoms with Crippen LogP contribution >= 0.6 is 0 Å². The third-order valence-electron chi connectivity index (χ3n) is 0.748. The van der Waals surface area contributed by atoms with Crippen LogP contribution in [0.15, 0.2) is 0 Å². The van der Waals surface area contributed by atoms with Crippen LogP contribution in [0.2, 0.25) is 0 Å². The molecule has 6 heteroatoms. The van der Waals surface area contributed by atoms with Gasteiger partial charge < -0.3 is 20.1 Å². The van der Waals surface area contributed by atoms with Crippen LogP contribution in [-0.2, 0) is 14.3 Å². The van der Waals surface area contributed by atoms with Gasteiger partial charge in [0, 0.05) is 0 Å². The molecule has 0 aromatic rings. The molecule has 3 N–H and O–H groups in total. The molecular weight excluding hydrogens is 156 g/mol. The molecule has 6 nitrogen and oxygen atoms in total. The maximum Gasteiger partial charge on any atom is 0.329 e. The number of aliphatic hydroxyl groups excluding tert-OH is 1. The first-order valence-corrected chi connectivity index (χ1v) is 2.75. The van der Waals surface area contributed by atoms with Crippen molar-refractivity contribution in [1.29, 1.82) is 0 Å². The highest BCUT2D eigenvalue weighted by Gasteiger charge is 2.10. The fraction of sp³-hybridized carbons (Fsp3) is 0.600. The summed E-state index contributed by atoms with van der Waals surface area (Å²) in [6, 6.07) is 0. The Morgan fingerprint density at radius 3 is 2.18 bits per heavy atom. The monoisotopic (exact) mass is 164 g/mol. The lowest BCUT2D eigenvalue weighted by atomic mass is 10.4. The molecule has 1 unspecified atom stereocenters. The van der Waals surface area contributed by atoms with Crippen molar-refractivity contribution in [1.82, 2.24) is 0 Å². The first kappa shape index (κ1) is 9.86. The highest BCUT2D eigenvalue weighted by Crippen LogP contribution is 1.92. The molecule has 0 aliphatic heterocycles. The molecule has 11 heavy (non-hydrogen) atoms. The molecule has 0 spiro atoms. The predicted molar refractivity (Wildman–Crippen MR) is 31.8 cm³/mol. The van der Waals surface area contributed by atoms with Crippen molar-refractivity contribution in [3.05, 3.63) is 0 Å². The molecule has 0 saturated carbocycles. The van der Waals surface area contributed by atoms with Crippen molar-refractivity contribution < 1.29 is 29.6 Å². The van der Waals surface area contributed by atoms with Gasteiger partial charge in [-0.15, -0.1) is 0 Å². The lowest BCUT2D eigenvalue weighted by molar-refractivity contribution is -0.165. The van der Waals surface area contributed by atoms with E-state index >= 15 is 0 Å². The Labute approximate surface area is 62.0 Å². The van der Waals surface area contributed by atoms with Gasteiger partial charge in [0.25, 0.3) is 0 Å². The largest absolute Gasteiger partial charge is 0.481 e. The van der Waals surface area contributed by atoms with Crippen molar-refractivity contribution in [2.75, 3.05) is 6.61 Å². The summed E-state index contributed by atoms with van der Waals surface area (Å²) < 4.78 is 4.19. The van der Waals surface area contributed by atoms with Gasteiger partial charge in [-0.25, -0.2) is 4.79 Å². The molecule has 0 aromatic heterocycles. The summed E-state index contributed by atoms with van der Waals surface area (Å²) in [6.45, 7) is -0.700. The first-order chi connectivity index (χ1) is 5.02. The average Bonchev–Trinajstić information content (AvgIpc) is 1.82. The van der Waals surface area contributed by atoms with E-state index in [1.54, 1.807) is 0 Å². The van der Waals surface area contributed by atoms with Crippen LogP contribution in [0.3, 0.4) is 0 Å². The Kier molecular flexibility index (Phi) is 4.16. The molecule has 0 aromatic carbocycles. The van der Waals surface area contributed by atoms with E-state index < -0.39 is 31.3 Å². The molecule has 0 aliphatic carbocycles. The number of aliphatic carboxylic acids is 2. The van der Waals surface area contributed by atoms with Crippen LogP contribution in [-0.4, -0.2) is 40.2 Å². The third-order valence-corrected chi connectivity index (χ3v) is 0.748. The van der Waals surface area contributed by atoms with E-state index in [-0.39, 0.29) is 0 Å². The second kappa shape index (κ2) is 4.64. The maximum absolute atomic E-state index is 9.87. The number of hydrogen-bond acceptors (Lipinski definition) is 4. The van der Waals surface area contributed by atoms with Crippen molar-refractivity contribution in [3.63, 3.8) is 0 Å². The first-order valence-electron chi connectivity index (χ1n) is 2.75. The summed E-state index contributed by atoms with van der Waals surface area (Å²) in [6.07, 6.45) is -2.17. The van der Waals surface area contributed by atoms with E-state index in [0.717, 1.165) is 0 Å². The van der Waals surface area contributed by atoms with Crippen molar-refractivity contribution in [2.45, 2.75) is 12.7 Å². The van der Waals surface area contributed by atoms with E-state index in [0.29, 0.717) is 0 Å². The summed E-state index contributed by atoms with van der Waals surface area (Å²) in [5.74, 6) is -2.50. The van der Waals surface area contributed by atoms with Gasteiger partial charge in [-0.2, -0.15) is 0 Å². The predicted octanol–water partition coefficient (Wildman–Crippen LogP) is -1.12. The van der Waals surface area contributed by atoms with E-state index in [4.69, 9.17) is 15.3 Å². The van der Waals surface area contributed by atoms with Crippen molar-refractivity contribution >= 4 is 11.9 Å². The number of carboxylic acids is 2. The summed E-state index contributed by atoms with van der Waals surface area (Å²) in [4.78, 5) is 19.7. The second-order valence-corrected chi connectivity index (χ2v) is 1.76. The molecule has 0 bridgehead atoms. The van der Waals surface area contributed by atoms with Crippen molar-refractivity contribution in [3.8, 4) is 0 Å². The molecule has 64 valence electrons. The summed E-state index contributed by atoms with van der Waals surface area (Å²) >= 11 is 0. The zero-order valence-corrected chi connectivity index (χ0v) is 5.56. The Hall–Kier alpha value is -1.14. The molecule has 0 heterocycles. The summed E-state index contributed by atoms with van der Waals surface area (Å²) in [5.41, 5.74) is 0. The van der Waals surface area contributed by atoms with Crippen molar-refractivity contribution in [2.24, 2.45) is 0 Å². The van der Waals surface area contributed by atoms with Crippen LogP contribution in [0.25, 0.3) is 0 Å². The topological polar surface area (TPSA) is 104 Å². The highest BCUT2D eigenvalue weighted by molar-refractivity contribution is 5.68. The fourth-order valence-corrected chi connectivity index (χ4v) is 0.376. The number of carbonyl (C=O) groups is 2. The van der Waals surface area contributed by atoms with Crippen LogP contribution in [0.4, 0.5) is 0 Å². The lowest BCUT2D eigenvalue weighted by Crippen LogP contribution is -2.20. The minimum absolute atomic E-state index is 0.618. The van der Waals surface area contributed by atoms with E-state index in [1.165, 1.54) is 0 Å². The Bertz CT molecular complexity index is 153. The molecule has 0 saturated heterocycles. The van der Waals surface area contributed by atoms with Crippen LogP contribution in [0.1, 0.15) is 6.42 Å². The molecule has 0 fully saturated rings. The Balaban J connectivity index is 3.44. The Morgan fingerprint density at radius 1 is 1.27 bits per heavy atom. The minimum atomic E-state index is -1.55. The summed E-state index contributed by atoms with van der Waals surface area (Å²) in [5, 5.41) is 24.7. The number of rotatable bonds is 5. The number of hydrogen-bond donors (Lipinski definition) is 3.